The highest BCUT2D eigenvalue weighted by molar-refractivity contribution is 7.52. The van der Waals surface area contributed by atoms with Crippen LogP contribution in [-0.4, -0.2) is 82.5 Å². The molecule has 6 atom stereocenters. The van der Waals surface area contributed by atoms with Crippen molar-refractivity contribution in [3.63, 3.8) is 0 Å². The summed E-state index contributed by atoms with van der Waals surface area (Å²) in [5.74, 6) is -3.42. The van der Waals surface area contributed by atoms with Gasteiger partial charge in [-0.25, -0.2) is 9.55 Å². The summed E-state index contributed by atoms with van der Waals surface area (Å²) in [7, 11) is -4.50. The number of nitrogens with one attached hydrogen (secondary N) is 1. The molecule has 2 aromatic rings. The molecule has 272 valence electrons. The first-order chi connectivity index (χ1) is 23.1. The van der Waals surface area contributed by atoms with E-state index < -0.39 is 80.9 Å². The number of aromatic nitrogens is 2. The number of nitrogens with zero attached hydrogens (tertiary/aromatic N) is 2. The Morgan fingerprint density at radius 3 is 2.29 bits per heavy atom. The number of nitrogens with two attached hydrogens (primary N) is 1. The normalized spacial score (nSPS) is 23.2. The minimum Gasteiger partial charge on any atom is -0.493 e. The standard InChI is InChI=1S/C32H47N4O12P/c1-19(2)12-14-42-24(37)16-22(31(40)43-15-13-20(3)4)35-49(41,48-21-10-8-7-9-11-21)44-17-23-26-27(47-32(5,6)46-26)30(45-23)36-18-34-25(28(33)38)29(36)39/h7-11,18-20,22-23,26-27,30,39H,12-17H2,1-6H3,(H2,33,38)(H,35,41)/t22-,23+,26?,27+,30+,49?/m0/s1. The third-order valence-electron chi connectivity index (χ3n) is 7.65. The molecule has 2 unspecified atom stereocenters. The number of rotatable bonds is 18. The van der Waals surface area contributed by atoms with Crippen LogP contribution in [0.1, 0.15) is 77.5 Å². The summed E-state index contributed by atoms with van der Waals surface area (Å²) >= 11 is 0. The number of fused-ring (bicyclic) bond motifs is 1. The van der Waals surface area contributed by atoms with Crippen LogP contribution in [0.15, 0.2) is 36.7 Å². The average molecular weight is 711 g/mol. The molecule has 17 heteroatoms. The van der Waals surface area contributed by atoms with Crippen LogP contribution < -0.4 is 15.3 Å². The summed E-state index contributed by atoms with van der Waals surface area (Å²) in [4.78, 5) is 41.7. The van der Waals surface area contributed by atoms with Crippen LogP contribution in [0.3, 0.4) is 0 Å². The van der Waals surface area contributed by atoms with Gasteiger partial charge in [-0.2, -0.15) is 5.09 Å². The molecule has 49 heavy (non-hydrogen) atoms. The van der Waals surface area contributed by atoms with E-state index in [0.29, 0.717) is 12.8 Å². The van der Waals surface area contributed by atoms with Crippen molar-refractivity contribution in [1.82, 2.24) is 14.6 Å². The van der Waals surface area contributed by atoms with Gasteiger partial charge < -0.3 is 39.0 Å². The van der Waals surface area contributed by atoms with Gasteiger partial charge in [0.1, 0.15) is 36.4 Å². The molecule has 1 aromatic heterocycles. The molecule has 1 aromatic carbocycles. The molecule has 2 fully saturated rings. The van der Waals surface area contributed by atoms with Crippen LogP contribution in [0.5, 0.6) is 11.6 Å². The summed E-state index contributed by atoms with van der Waals surface area (Å²) in [6.07, 6.45) is -1.79. The van der Waals surface area contributed by atoms with E-state index in [1.165, 1.54) is 10.9 Å². The van der Waals surface area contributed by atoms with Crippen molar-refractivity contribution in [3.05, 3.63) is 42.4 Å². The molecule has 1 amide bonds. The summed E-state index contributed by atoms with van der Waals surface area (Å²) in [6.45, 7) is 11.1. The Kier molecular flexibility index (Phi) is 12.9. The maximum Gasteiger partial charge on any atom is 0.459 e. The highest BCUT2D eigenvalue weighted by atomic mass is 31.2. The largest absolute Gasteiger partial charge is 0.493 e. The highest BCUT2D eigenvalue weighted by Crippen LogP contribution is 2.49. The molecule has 0 radical (unpaired) electrons. The third-order valence-corrected chi connectivity index (χ3v) is 9.21. The fraction of sp³-hybridized carbons (Fsp3) is 0.625. The van der Waals surface area contributed by atoms with E-state index in [4.69, 9.17) is 38.5 Å². The lowest BCUT2D eigenvalue weighted by atomic mass is 10.1. The van der Waals surface area contributed by atoms with Gasteiger partial charge in [0.05, 0.1) is 26.2 Å². The summed E-state index contributed by atoms with van der Waals surface area (Å²) in [5.41, 5.74) is 4.96. The first-order valence-electron chi connectivity index (χ1n) is 16.2. The Labute approximate surface area is 285 Å². The van der Waals surface area contributed by atoms with Gasteiger partial charge >= 0.3 is 19.7 Å². The molecule has 0 spiro atoms. The Morgan fingerprint density at radius 1 is 1.04 bits per heavy atom. The second-order valence-corrected chi connectivity index (χ2v) is 14.8. The number of carbonyl (C=O) groups excluding carboxylic acids is 3. The Bertz CT molecular complexity index is 1480. The minimum atomic E-state index is -4.50. The van der Waals surface area contributed by atoms with Crippen LogP contribution in [0.25, 0.3) is 0 Å². The van der Waals surface area contributed by atoms with E-state index in [-0.39, 0.29) is 36.5 Å². The fourth-order valence-corrected chi connectivity index (χ4v) is 6.62. The number of amides is 1. The van der Waals surface area contributed by atoms with Gasteiger partial charge in [0.25, 0.3) is 5.91 Å². The van der Waals surface area contributed by atoms with E-state index >= 15 is 0 Å². The zero-order valence-electron chi connectivity index (χ0n) is 28.6. The molecule has 0 aliphatic carbocycles. The molecule has 4 N–H and O–H groups in total. The van der Waals surface area contributed by atoms with E-state index in [0.717, 1.165) is 0 Å². The molecule has 16 nitrogen and oxygen atoms in total. The molecule has 2 aliphatic heterocycles. The number of hydrogen-bond donors (Lipinski definition) is 3. The predicted molar refractivity (Wildman–Crippen MR) is 173 cm³/mol. The van der Waals surface area contributed by atoms with Gasteiger partial charge in [0.2, 0.25) is 5.88 Å². The van der Waals surface area contributed by atoms with Crippen molar-refractivity contribution in [2.75, 3.05) is 19.8 Å². The van der Waals surface area contributed by atoms with Crippen molar-refractivity contribution in [2.45, 2.75) is 97.2 Å². The minimum absolute atomic E-state index is 0.0772. The van der Waals surface area contributed by atoms with Gasteiger partial charge in [-0.05, 0) is 50.7 Å². The zero-order valence-corrected chi connectivity index (χ0v) is 29.5. The van der Waals surface area contributed by atoms with Crippen LogP contribution >= 0.6 is 7.75 Å². The number of benzene rings is 1. The lowest BCUT2D eigenvalue weighted by Gasteiger charge is -2.27. The quantitative estimate of drug-likeness (QED) is 0.148. The Morgan fingerprint density at radius 2 is 1.67 bits per heavy atom. The predicted octanol–water partition coefficient (Wildman–Crippen LogP) is 3.84. The monoisotopic (exact) mass is 710 g/mol. The number of aromatic hydroxyl groups is 1. The maximum absolute atomic E-state index is 14.5. The van der Waals surface area contributed by atoms with Crippen molar-refractivity contribution < 1.29 is 56.8 Å². The number of esters is 2. The van der Waals surface area contributed by atoms with Gasteiger partial charge in [-0.15, -0.1) is 0 Å². The Balaban J connectivity index is 1.57. The van der Waals surface area contributed by atoms with Crippen molar-refractivity contribution >= 4 is 25.6 Å². The molecule has 3 heterocycles. The SMILES string of the molecule is CC(C)CCOC(=O)C[C@H](NP(=O)(OC[C@H]1O[C@@H](n2cnc(C(N)=O)c2O)[C@@H]2OC(C)(C)OC21)Oc1ccccc1)C(=O)OCCC(C)C. The number of primary amides is 1. The van der Waals surface area contributed by atoms with Crippen molar-refractivity contribution in [2.24, 2.45) is 17.6 Å². The van der Waals surface area contributed by atoms with Gasteiger partial charge in [-0.1, -0.05) is 45.9 Å². The fourth-order valence-electron chi connectivity index (χ4n) is 5.12. The van der Waals surface area contributed by atoms with E-state index in [9.17, 15) is 24.1 Å². The molecule has 0 bridgehead atoms. The molecule has 4 rings (SSSR count). The van der Waals surface area contributed by atoms with E-state index in [2.05, 4.69) is 10.1 Å². The molecule has 0 saturated carbocycles. The number of ether oxygens (including phenoxy) is 5. The average Bonchev–Trinajstić information content (AvgIpc) is 3.65. The molecular weight excluding hydrogens is 663 g/mol. The molecule has 2 saturated heterocycles. The van der Waals surface area contributed by atoms with Crippen LogP contribution in [0.2, 0.25) is 0 Å². The van der Waals surface area contributed by atoms with Crippen molar-refractivity contribution in [3.8, 4) is 11.6 Å². The van der Waals surface area contributed by atoms with Gasteiger partial charge in [0, 0.05) is 0 Å². The first kappa shape index (κ1) is 38.3. The first-order valence-corrected chi connectivity index (χ1v) is 17.8. The lowest BCUT2D eigenvalue weighted by molar-refractivity contribution is -0.200. The number of para-hydroxylation sites is 1. The van der Waals surface area contributed by atoms with Crippen LogP contribution in [0, 0.1) is 11.8 Å². The van der Waals surface area contributed by atoms with E-state index in [1.807, 2.05) is 27.7 Å². The smallest absolute Gasteiger partial charge is 0.459 e. The topological polar surface area (TPSA) is 209 Å². The van der Waals surface area contributed by atoms with Gasteiger partial charge in [0.15, 0.2) is 17.7 Å². The third kappa shape index (κ3) is 10.5. The number of carbonyl (C=O) groups is 3. The zero-order chi connectivity index (χ0) is 35.9. The van der Waals surface area contributed by atoms with Crippen LogP contribution in [0.4, 0.5) is 0 Å². The Hall–Kier alpha value is -3.53. The number of hydrogen-bond acceptors (Lipinski definition) is 13. The second kappa shape index (κ2) is 16.5. The second-order valence-electron chi connectivity index (χ2n) is 13.2. The summed E-state index contributed by atoms with van der Waals surface area (Å²) in [6, 6.07) is 6.67. The van der Waals surface area contributed by atoms with E-state index in [1.54, 1.807) is 44.2 Å². The maximum atomic E-state index is 14.5. The van der Waals surface area contributed by atoms with Crippen LogP contribution in [-0.2, 0) is 42.4 Å². The molecular formula is C32H47N4O12P. The summed E-state index contributed by atoms with van der Waals surface area (Å²) in [5, 5.41) is 13.3. The molecule has 2 aliphatic rings. The van der Waals surface area contributed by atoms with Gasteiger partial charge in [-0.3, -0.25) is 23.5 Å². The lowest BCUT2D eigenvalue weighted by Crippen LogP contribution is -2.41. The number of imidazole rings is 1. The highest BCUT2D eigenvalue weighted by Gasteiger charge is 2.57. The van der Waals surface area contributed by atoms with Crippen molar-refractivity contribution in [1.29, 1.82) is 0 Å². The summed E-state index contributed by atoms with van der Waals surface area (Å²) < 4.78 is 56.4.